The molecule has 0 aromatic heterocycles. The zero-order valence-electron chi connectivity index (χ0n) is 15.2. The van der Waals surface area contributed by atoms with E-state index >= 15 is 0 Å². The van der Waals surface area contributed by atoms with E-state index in [2.05, 4.69) is 36.4 Å². The Morgan fingerprint density at radius 1 is 0.536 bits per heavy atom. The molecule has 0 saturated heterocycles. The summed E-state index contributed by atoms with van der Waals surface area (Å²) in [5, 5.41) is 16.2. The van der Waals surface area contributed by atoms with Gasteiger partial charge in [0.1, 0.15) is 28.5 Å². The van der Waals surface area contributed by atoms with Gasteiger partial charge in [-0.2, -0.15) is 0 Å². The van der Waals surface area contributed by atoms with E-state index in [9.17, 15) is 9.90 Å². The van der Waals surface area contributed by atoms with Crippen LogP contribution in [0.1, 0.15) is 10.4 Å². The maximum Gasteiger partial charge on any atom is 0.145 e. The fourth-order valence-electron chi connectivity index (χ4n) is 3.76. The van der Waals surface area contributed by atoms with Crippen LogP contribution in [0.15, 0.2) is 115 Å². The van der Waals surface area contributed by atoms with E-state index in [0.717, 1.165) is 21.2 Å². The molecule has 0 aliphatic heterocycles. The third-order valence-corrected chi connectivity index (χ3v) is 9.25. The van der Waals surface area contributed by atoms with Crippen LogP contribution in [0.5, 0.6) is 0 Å². The molecular weight excluding hydrogens is 363 g/mol. The van der Waals surface area contributed by atoms with E-state index in [4.69, 9.17) is 0 Å². The highest BCUT2D eigenvalue weighted by molar-refractivity contribution is 8.01. The smallest absolute Gasteiger partial charge is 0.145 e. The average Bonchev–Trinajstić information content (AvgIpc) is 2.77. The number of carboxylic acids is 1. The van der Waals surface area contributed by atoms with E-state index < -0.39 is 13.2 Å². The van der Waals surface area contributed by atoms with E-state index in [0.29, 0.717) is 0 Å². The zero-order chi connectivity index (χ0) is 19.4. The predicted molar refractivity (Wildman–Crippen MR) is 116 cm³/mol. The topological polar surface area (TPSA) is 40.1 Å². The van der Waals surface area contributed by atoms with Crippen LogP contribution >= 0.6 is 7.26 Å². The second-order valence-electron chi connectivity index (χ2n) is 6.48. The maximum atomic E-state index is 12.1. The largest absolute Gasteiger partial charge is 0.545 e. The Balaban J connectivity index is 2.19. The Morgan fingerprint density at radius 3 is 1.29 bits per heavy atom. The molecule has 0 amide bonds. The van der Waals surface area contributed by atoms with Crippen molar-refractivity contribution < 1.29 is 9.90 Å². The van der Waals surface area contributed by atoms with Gasteiger partial charge in [0.25, 0.3) is 0 Å². The summed E-state index contributed by atoms with van der Waals surface area (Å²) in [6.07, 6.45) is 0. The van der Waals surface area contributed by atoms with Crippen molar-refractivity contribution >= 4 is 34.4 Å². The number of hydrogen-bond donors (Lipinski definition) is 0. The molecule has 0 N–H and O–H groups in total. The Kier molecular flexibility index (Phi) is 5.06. The molecule has 4 rings (SSSR count). The van der Waals surface area contributed by atoms with Gasteiger partial charge in [0, 0.05) is 5.56 Å². The third-order valence-electron chi connectivity index (χ3n) is 4.92. The van der Waals surface area contributed by atoms with Gasteiger partial charge in [0.05, 0.1) is 5.97 Å². The lowest BCUT2D eigenvalue weighted by Crippen LogP contribution is -2.42. The first-order valence-corrected chi connectivity index (χ1v) is 10.9. The molecule has 0 aliphatic rings. The first-order valence-electron chi connectivity index (χ1n) is 9.11. The van der Waals surface area contributed by atoms with Gasteiger partial charge in [-0.1, -0.05) is 66.7 Å². The Morgan fingerprint density at radius 2 is 0.893 bits per heavy atom. The Labute approximate surface area is 165 Å². The first kappa shape index (κ1) is 18.2. The summed E-state index contributed by atoms with van der Waals surface area (Å²) in [6, 6.07) is 37.9. The van der Waals surface area contributed by atoms with Gasteiger partial charge in [0.15, 0.2) is 0 Å². The lowest BCUT2D eigenvalue weighted by molar-refractivity contribution is -0.254. The molecule has 4 aromatic rings. The minimum Gasteiger partial charge on any atom is -0.545 e. The summed E-state index contributed by atoms with van der Waals surface area (Å²) in [5.41, 5.74) is 0.243. The molecule has 0 aliphatic carbocycles. The SMILES string of the molecule is O=C([O-])c1ccccc1[P+](c1ccccc1)(c1ccccc1)c1ccccc1. The van der Waals surface area contributed by atoms with Crippen molar-refractivity contribution in [1.82, 2.24) is 0 Å². The average molecular weight is 382 g/mol. The fourth-order valence-corrected chi connectivity index (χ4v) is 8.18. The van der Waals surface area contributed by atoms with Crippen LogP contribution in [0.4, 0.5) is 0 Å². The van der Waals surface area contributed by atoms with E-state index in [-0.39, 0.29) is 5.56 Å². The summed E-state index contributed by atoms with van der Waals surface area (Å²) in [6.45, 7) is 0. The van der Waals surface area contributed by atoms with Crippen LogP contribution in [0.25, 0.3) is 0 Å². The number of benzene rings is 4. The van der Waals surface area contributed by atoms with E-state index in [1.165, 1.54) is 0 Å². The van der Waals surface area contributed by atoms with Crippen molar-refractivity contribution in [3.8, 4) is 0 Å². The van der Waals surface area contributed by atoms with Gasteiger partial charge in [-0.15, -0.1) is 0 Å². The molecule has 0 unspecified atom stereocenters. The van der Waals surface area contributed by atoms with Crippen LogP contribution in [-0.4, -0.2) is 5.97 Å². The van der Waals surface area contributed by atoms with E-state index in [1.807, 2.05) is 66.7 Å². The van der Waals surface area contributed by atoms with Crippen molar-refractivity contribution in [2.75, 3.05) is 0 Å². The number of carbonyl (C=O) groups is 1. The van der Waals surface area contributed by atoms with Crippen molar-refractivity contribution in [2.45, 2.75) is 0 Å². The molecule has 0 spiro atoms. The monoisotopic (exact) mass is 382 g/mol. The molecular formula is C25H19O2P. The summed E-state index contributed by atoms with van der Waals surface area (Å²) in [5.74, 6) is -1.15. The molecule has 0 fully saturated rings. The van der Waals surface area contributed by atoms with Gasteiger partial charge in [-0.25, -0.2) is 0 Å². The molecule has 0 bridgehead atoms. The van der Waals surface area contributed by atoms with Gasteiger partial charge in [0.2, 0.25) is 0 Å². The number of rotatable bonds is 5. The highest BCUT2D eigenvalue weighted by atomic mass is 31.2. The third kappa shape index (κ3) is 3.02. The quantitative estimate of drug-likeness (QED) is 0.498. The minimum absolute atomic E-state index is 0.243. The van der Waals surface area contributed by atoms with Gasteiger partial charge >= 0.3 is 0 Å². The fraction of sp³-hybridized carbons (Fsp3) is 0. The number of carbonyl (C=O) groups excluding carboxylic acids is 1. The normalized spacial score (nSPS) is 11.1. The molecule has 3 heteroatoms. The van der Waals surface area contributed by atoms with Gasteiger partial charge in [-0.3, -0.25) is 0 Å². The second-order valence-corrected chi connectivity index (χ2v) is 9.85. The van der Waals surface area contributed by atoms with E-state index in [1.54, 1.807) is 12.1 Å². The van der Waals surface area contributed by atoms with Crippen LogP contribution < -0.4 is 26.3 Å². The lowest BCUT2D eigenvalue weighted by atomic mass is 10.2. The summed E-state index contributed by atoms with van der Waals surface area (Å²) in [7, 11) is -2.42. The molecule has 0 radical (unpaired) electrons. The lowest BCUT2D eigenvalue weighted by Gasteiger charge is -2.29. The van der Waals surface area contributed by atoms with Crippen LogP contribution in [0.3, 0.4) is 0 Å². The first-order chi connectivity index (χ1) is 13.7. The zero-order valence-corrected chi connectivity index (χ0v) is 16.1. The minimum atomic E-state index is -2.42. The second kappa shape index (κ2) is 7.80. The Hall–Kier alpha value is -3.22. The highest BCUT2D eigenvalue weighted by Gasteiger charge is 2.49. The summed E-state index contributed by atoms with van der Waals surface area (Å²) >= 11 is 0. The molecule has 0 heterocycles. The van der Waals surface area contributed by atoms with Crippen LogP contribution in [0.2, 0.25) is 0 Å². The van der Waals surface area contributed by atoms with Gasteiger partial charge in [-0.05, 0) is 48.5 Å². The Bertz CT molecular complexity index is 980. The molecule has 0 atom stereocenters. The van der Waals surface area contributed by atoms with Crippen molar-refractivity contribution in [3.63, 3.8) is 0 Å². The standard InChI is InChI=1S/C25H19O2P/c26-25(27)23-18-10-11-19-24(23)28(20-12-4-1-5-13-20,21-14-6-2-7-15-21)22-16-8-3-9-17-22/h1-19H. The number of aromatic carboxylic acids is 1. The van der Waals surface area contributed by atoms with Crippen LogP contribution in [-0.2, 0) is 0 Å². The molecule has 136 valence electrons. The number of hydrogen-bond acceptors (Lipinski definition) is 2. The molecule has 2 nitrogen and oxygen atoms in total. The maximum absolute atomic E-state index is 12.1. The summed E-state index contributed by atoms with van der Waals surface area (Å²) < 4.78 is 0. The van der Waals surface area contributed by atoms with Crippen molar-refractivity contribution in [1.29, 1.82) is 0 Å². The predicted octanol–water partition coefficient (Wildman–Crippen LogP) is 2.67. The van der Waals surface area contributed by atoms with Gasteiger partial charge < -0.3 is 9.90 Å². The summed E-state index contributed by atoms with van der Waals surface area (Å²) in [4.78, 5) is 12.1. The molecule has 0 saturated carbocycles. The van der Waals surface area contributed by atoms with Crippen LogP contribution in [0, 0.1) is 0 Å². The highest BCUT2D eigenvalue weighted by Crippen LogP contribution is 2.54. The molecule has 28 heavy (non-hydrogen) atoms. The molecule has 4 aromatic carbocycles. The number of carboxylic acid groups (broad SMARTS) is 1. The van der Waals surface area contributed by atoms with Crippen molar-refractivity contribution in [2.24, 2.45) is 0 Å². The van der Waals surface area contributed by atoms with Crippen molar-refractivity contribution in [3.05, 3.63) is 121 Å².